The lowest BCUT2D eigenvalue weighted by atomic mass is 10.2. The molecule has 158 valence electrons. The molecule has 5 nitrogen and oxygen atoms in total. The van der Waals surface area contributed by atoms with Gasteiger partial charge in [0.2, 0.25) is 11.8 Å². The lowest BCUT2D eigenvalue weighted by molar-refractivity contribution is -0.139. The van der Waals surface area contributed by atoms with E-state index in [-0.39, 0.29) is 12.6 Å². The van der Waals surface area contributed by atoms with Gasteiger partial charge in [-0.25, -0.2) is 4.98 Å². The molecule has 0 spiro atoms. The summed E-state index contributed by atoms with van der Waals surface area (Å²) in [6.07, 6.45) is -2.98. The Bertz CT molecular complexity index is 948. The summed E-state index contributed by atoms with van der Waals surface area (Å²) in [6.45, 7) is 2.59. The molecule has 3 rings (SSSR count). The van der Waals surface area contributed by atoms with Crippen molar-refractivity contribution in [2.45, 2.75) is 26.1 Å². The average molecular weight is 417 g/mol. The van der Waals surface area contributed by atoms with Crippen LogP contribution < -0.4 is 14.4 Å². The molecule has 0 radical (unpaired) electrons. The Morgan fingerprint density at radius 1 is 0.967 bits per heavy atom. The predicted octanol–water partition coefficient (Wildman–Crippen LogP) is 5.63. The monoisotopic (exact) mass is 417 g/mol. The minimum atomic E-state index is -4.62. The summed E-state index contributed by atoms with van der Waals surface area (Å²) < 4.78 is 51.1. The molecule has 1 aromatic heterocycles. The van der Waals surface area contributed by atoms with Crippen molar-refractivity contribution >= 4 is 11.6 Å². The fourth-order valence-corrected chi connectivity index (χ4v) is 2.65. The molecule has 0 amide bonds. The topological polar surface area (TPSA) is 47.5 Å². The van der Waals surface area contributed by atoms with E-state index in [4.69, 9.17) is 9.47 Å². The first kappa shape index (κ1) is 21.4. The highest BCUT2D eigenvalue weighted by molar-refractivity contribution is 5.58. The maximum Gasteiger partial charge on any atom is 0.423 e. The quantitative estimate of drug-likeness (QED) is 0.475. The molecular weight excluding hydrogens is 395 g/mol. The summed E-state index contributed by atoms with van der Waals surface area (Å²) >= 11 is 0. The molecule has 0 atom stereocenters. The van der Waals surface area contributed by atoms with E-state index in [0.717, 1.165) is 18.2 Å². The van der Waals surface area contributed by atoms with Crippen LogP contribution in [-0.2, 0) is 12.8 Å². The number of hydrogen-bond acceptors (Lipinski definition) is 5. The van der Waals surface area contributed by atoms with Crippen molar-refractivity contribution in [2.75, 3.05) is 18.6 Å². The summed E-state index contributed by atoms with van der Waals surface area (Å²) in [5.41, 5.74) is 0.424. The molecular formula is C22H22F3N3O2. The maximum absolute atomic E-state index is 13.4. The van der Waals surface area contributed by atoms with Gasteiger partial charge >= 0.3 is 6.18 Å². The van der Waals surface area contributed by atoms with Crippen LogP contribution in [0.1, 0.15) is 24.5 Å². The summed E-state index contributed by atoms with van der Waals surface area (Å²) in [4.78, 5) is 9.52. The zero-order chi connectivity index (χ0) is 21.6. The van der Waals surface area contributed by atoms with E-state index >= 15 is 0 Å². The van der Waals surface area contributed by atoms with Crippen LogP contribution in [0, 0.1) is 0 Å². The molecule has 0 fully saturated rings. The van der Waals surface area contributed by atoms with Crippen LogP contribution in [-0.4, -0.2) is 23.6 Å². The Morgan fingerprint density at radius 3 is 2.30 bits per heavy atom. The van der Waals surface area contributed by atoms with E-state index in [1.54, 1.807) is 60.5 Å². The van der Waals surface area contributed by atoms with Gasteiger partial charge in [-0.3, -0.25) is 0 Å². The van der Waals surface area contributed by atoms with E-state index in [2.05, 4.69) is 9.97 Å². The summed E-state index contributed by atoms with van der Waals surface area (Å²) in [6, 6.07) is 16.1. The second-order valence-electron chi connectivity index (χ2n) is 6.56. The number of rotatable bonds is 8. The van der Waals surface area contributed by atoms with E-state index in [1.165, 1.54) is 0 Å². The molecule has 8 heteroatoms. The lowest BCUT2D eigenvalue weighted by Gasteiger charge is -2.20. The van der Waals surface area contributed by atoms with Gasteiger partial charge in [0.1, 0.15) is 17.9 Å². The number of hydrogen-bond donors (Lipinski definition) is 0. The first-order valence-electron chi connectivity index (χ1n) is 9.46. The van der Waals surface area contributed by atoms with Gasteiger partial charge in [-0.05, 0) is 36.2 Å². The third-order valence-corrected chi connectivity index (χ3v) is 4.26. The zero-order valence-electron chi connectivity index (χ0n) is 16.7. The van der Waals surface area contributed by atoms with Gasteiger partial charge in [0.25, 0.3) is 0 Å². The van der Waals surface area contributed by atoms with E-state index in [1.807, 2.05) is 13.0 Å². The summed E-state index contributed by atoms with van der Waals surface area (Å²) in [7, 11) is 1.67. The number of alkyl halides is 3. The minimum Gasteiger partial charge on any atom is -0.494 e. The third kappa shape index (κ3) is 5.40. The Hall–Kier alpha value is -3.29. The van der Waals surface area contributed by atoms with Gasteiger partial charge in [0.15, 0.2) is 0 Å². The molecule has 1 heterocycles. The Balaban J connectivity index is 1.84. The van der Waals surface area contributed by atoms with Gasteiger partial charge in [-0.1, -0.05) is 37.3 Å². The van der Waals surface area contributed by atoms with Crippen LogP contribution in [0.3, 0.4) is 0 Å². The number of benzene rings is 2. The number of nitrogens with zero attached hydrogens (tertiary/aromatic N) is 3. The third-order valence-electron chi connectivity index (χ3n) is 4.26. The van der Waals surface area contributed by atoms with E-state index < -0.39 is 17.6 Å². The Labute approximate surface area is 173 Å². The van der Waals surface area contributed by atoms with Crippen molar-refractivity contribution in [3.63, 3.8) is 0 Å². The normalized spacial score (nSPS) is 11.2. The van der Waals surface area contributed by atoms with Crippen LogP contribution >= 0.6 is 0 Å². The van der Waals surface area contributed by atoms with Crippen molar-refractivity contribution in [1.82, 2.24) is 9.97 Å². The number of ether oxygens (including phenoxy) is 2. The van der Waals surface area contributed by atoms with Crippen LogP contribution in [0.15, 0.2) is 60.8 Å². The highest BCUT2D eigenvalue weighted by Gasteiger charge is 2.36. The smallest absolute Gasteiger partial charge is 0.423 e. The van der Waals surface area contributed by atoms with Gasteiger partial charge in [-0.2, -0.15) is 18.2 Å². The van der Waals surface area contributed by atoms with Crippen molar-refractivity contribution in [2.24, 2.45) is 0 Å². The van der Waals surface area contributed by atoms with Crippen molar-refractivity contribution in [3.05, 3.63) is 71.9 Å². The van der Waals surface area contributed by atoms with Crippen LogP contribution in [0.4, 0.5) is 24.8 Å². The maximum atomic E-state index is 13.4. The van der Waals surface area contributed by atoms with Crippen LogP contribution in [0.2, 0.25) is 0 Å². The van der Waals surface area contributed by atoms with Crippen molar-refractivity contribution in [1.29, 1.82) is 0 Å². The molecule has 30 heavy (non-hydrogen) atoms. The Morgan fingerprint density at radius 2 is 1.67 bits per heavy atom. The molecule has 0 saturated heterocycles. The molecule has 0 N–H and O–H groups in total. The highest BCUT2D eigenvalue weighted by Crippen LogP contribution is 2.36. The molecule has 2 aromatic carbocycles. The molecule has 0 unspecified atom stereocenters. The number of aromatic nitrogens is 2. The molecule has 0 aliphatic carbocycles. The highest BCUT2D eigenvalue weighted by atomic mass is 19.4. The molecule has 0 bridgehead atoms. The fourth-order valence-electron chi connectivity index (χ4n) is 2.65. The summed E-state index contributed by atoms with van der Waals surface area (Å²) in [5.74, 6) is 0.300. The first-order valence-corrected chi connectivity index (χ1v) is 9.46. The predicted molar refractivity (Wildman–Crippen MR) is 108 cm³/mol. The lowest BCUT2D eigenvalue weighted by Crippen LogP contribution is -2.17. The minimum absolute atomic E-state index is 0.0342. The van der Waals surface area contributed by atoms with E-state index in [9.17, 15) is 13.2 Å². The Kier molecular flexibility index (Phi) is 6.76. The molecule has 0 aliphatic rings. The first-order chi connectivity index (χ1) is 14.4. The fraction of sp³-hybridized carbons (Fsp3) is 0.273. The van der Waals surface area contributed by atoms with Gasteiger partial charge in [-0.15, -0.1) is 0 Å². The van der Waals surface area contributed by atoms with E-state index in [0.29, 0.717) is 18.0 Å². The van der Waals surface area contributed by atoms with Gasteiger partial charge < -0.3 is 14.4 Å². The second-order valence-corrected chi connectivity index (χ2v) is 6.56. The number of halogens is 3. The standard InChI is InChI=1S/C22H22F3N3O2/c1-3-13-29-18-11-9-17(10-12-18)28(2)21-26-14-19(22(23,24)25)20(27-21)30-15-16-7-5-4-6-8-16/h4-12,14H,3,13,15H2,1-2H3. The largest absolute Gasteiger partial charge is 0.494 e. The van der Waals surface area contributed by atoms with Crippen LogP contribution in [0.25, 0.3) is 0 Å². The van der Waals surface area contributed by atoms with Gasteiger partial charge in [0.05, 0.1) is 6.61 Å². The van der Waals surface area contributed by atoms with Crippen molar-refractivity contribution in [3.8, 4) is 11.6 Å². The molecule has 3 aromatic rings. The van der Waals surface area contributed by atoms with Crippen LogP contribution in [0.5, 0.6) is 11.6 Å². The molecule has 0 saturated carbocycles. The van der Waals surface area contributed by atoms with Crippen molar-refractivity contribution < 1.29 is 22.6 Å². The SMILES string of the molecule is CCCOc1ccc(N(C)c2ncc(C(F)(F)F)c(OCc3ccccc3)n2)cc1. The second kappa shape index (κ2) is 9.47. The summed E-state index contributed by atoms with van der Waals surface area (Å²) in [5, 5.41) is 0. The van der Waals surface area contributed by atoms with Gasteiger partial charge in [0, 0.05) is 18.9 Å². The average Bonchev–Trinajstić information content (AvgIpc) is 2.76. The molecule has 0 aliphatic heterocycles. The zero-order valence-corrected chi connectivity index (χ0v) is 16.7. The number of anilines is 2.